The number of rotatable bonds is 1. The molecular formula is C9H15BrO. The van der Waals surface area contributed by atoms with Crippen LogP contribution in [0.2, 0.25) is 0 Å². The van der Waals surface area contributed by atoms with E-state index in [0.717, 1.165) is 12.8 Å². The molecule has 0 unspecified atom stereocenters. The summed E-state index contributed by atoms with van der Waals surface area (Å²) in [5, 5.41) is 0. The van der Waals surface area contributed by atoms with Gasteiger partial charge in [0.25, 0.3) is 0 Å². The molecule has 2 heteroatoms. The molecule has 0 saturated carbocycles. The van der Waals surface area contributed by atoms with Crippen molar-refractivity contribution in [3.63, 3.8) is 0 Å². The topological polar surface area (TPSA) is 9.23 Å². The largest absolute Gasteiger partial charge is 0.371 e. The van der Waals surface area contributed by atoms with E-state index in [0.29, 0.717) is 17.0 Å². The SMILES string of the molecule is C/C=C/[C@H]1C[C@@H](Br)C[C@@H](C)O1. The van der Waals surface area contributed by atoms with Crippen LogP contribution in [-0.2, 0) is 4.74 Å². The standard InChI is InChI=1S/C9H15BrO/c1-3-4-9-6-8(10)5-7(2)11-9/h3-4,7-9H,5-6H2,1-2H3/b4-3+/t7-,8+,9+/m1/s1. The minimum atomic E-state index is 0.327. The Balaban J connectivity index is 2.42. The molecule has 1 saturated heterocycles. The molecule has 0 aromatic heterocycles. The lowest BCUT2D eigenvalue weighted by Crippen LogP contribution is -2.30. The summed E-state index contributed by atoms with van der Waals surface area (Å²) >= 11 is 3.63. The van der Waals surface area contributed by atoms with Crippen LogP contribution in [0.25, 0.3) is 0 Å². The number of allylic oxidation sites excluding steroid dienone is 1. The van der Waals surface area contributed by atoms with Crippen LogP contribution >= 0.6 is 15.9 Å². The van der Waals surface area contributed by atoms with Gasteiger partial charge in [-0.15, -0.1) is 0 Å². The first-order valence-corrected chi connectivity index (χ1v) is 5.06. The monoisotopic (exact) mass is 218 g/mol. The second-order valence-electron chi connectivity index (χ2n) is 3.08. The fourth-order valence-corrected chi connectivity index (χ4v) is 2.35. The predicted octanol–water partition coefficient (Wildman–Crippen LogP) is 2.89. The fourth-order valence-electron chi connectivity index (χ4n) is 1.46. The fraction of sp³-hybridized carbons (Fsp3) is 0.778. The summed E-state index contributed by atoms with van der Waals surface area (Å²) in [5.74, 6) is 0. The van der Waals surface area contributed by atoms with Crippen LogP contribution in [0, 0.1) is 0 Å². The van der Waals surface area contributed by atoms with Gasteiger partial charge in [0.05, 0.1) is 12.2 Å². The highest BCUT2D eigenvalue weighted by Gasteiger charge is 2.23. The third-order valence-corrected chi connectivity index (χ3v) is 2.64. The molecule has 0 radical (unpaired) electrons. The van der Waals surface area contributed by atoms with Gasteiger partial charge in [-0.2, -0.15) is 0 Å². The highest BCUT2D eigenvalue weighted by Crippen LogP contribution is 2.25. The van der Waals surface area contributed by atoms with Crippen molar-refractivity contribution in [3.8, 4) is 0 Å². The summed E-state index contributed by atoms with van der Waals surface area (Å²) in [6, 6.07) is 0. The lowest BCUT2D eigenvalue weighted by Gasteiger charge is -2.29. The Kier molecular flexibility index (Phi) is 3.60. The maximum absolute atomic E-state index is 5.68. The van der Waals surface area contributed by atoms with Crippen LogP contribution in [-0.4, -0.2) is 17.0 Å². The molecule has 11 heavy (non-hydrogen) atoms. The summed E-state index contributed by atoms with van der Waals surface area (Å²) in [7, 11) is 0. The first-order valence-electron chi connectivity index (χ1n) is 4.14. The Bertz CT molecular complexity index is 134. The van der Waals surface area contributed by atoms with E-state index in [2.05, 4.69) is 35.0 Å². The third-order valence-electron chi connectivity index (χ3n) is 1.89. The van der Waals surface area contributed by atoms with Crippen LogP contribution in [0.15, 0.2) is 12.2 Å². The summed E-state index contributed by atoms with van der Waals surface area (Å²) in [4.78, 5) is 0.632. The lowest BCUT2D eigenvalue weighted by atomic mass is 10.0. The lowest BCUT2D eigenvalue weighted by molar-refractivity contribution is -0.0105. The van der Waals surface area contributed by atoms with Gasteiger partial charge in [0.1, 0.15) is 0 Å². The molecule has 0 aliphatic carbocycles. The van der Waals surface area contributed by atoms with Gasteiger partial charge in [-0.05, 0) is 26.7 Å². The number of halogens is 1. The second-order valence-corrected chi connectivity index (χ2v) is 4.37. The zero-order valence-electron chi connectivity index (χ0n) is 7.09. The van der Waals surface area contributed by atoms with Crippen LogP contribution in [0.1, 0.15) is 26.7 Å². The van der Waals surface area contributed by atoms with Gasteiger partial charge in [-0.3, -0.25) is 0 Å². The van der Waals surface area contributed by atoms with Gasteiger partial charge in [0, 0.05) is 4.83 Å². The molecule has 64 valence electrons. The minimum Gasteiger partial charge on any atom is -0.371 e. The number of alkyl halides is 1. The molecule has 0 spiro atoms. The predicted molar refractivity (Wildman–Crippen MR) is 51.1 cm³/mol. The second kappa shape index (κ2) is 4.27. The average Bonchev–Trinajstić information content (AvgIpc) is 1.85. The first kappa shape index (κ1) is 9.27. The quantitative estimate of drug-likeness (QED) is 0.486. The number of hydrogen-bond donors (Lipinski definition) is 0. The van der Waals surface area contributed by atoms with E-state index >= 15 is 0 Å². The van der Waals surface area contributed by atoms with Crippen molar-refractivity contribution in [2.45, 2.75) is 43.7 Å². The smallest absolute Gasteiger partial charge is 0.0770 e. The van der Waals surface area contributed by atoms with Crippen molar-refractivity contribution in [1.29, 1.82) is 0 Å². The maximum atomic E-state index is 5.68. The first-order chi connectivity index (χ1) is 5.22. The van der Waals surface area contributed by atoms with E-state index in [1.807, 2.05) is 6.92 Å². The highest BCUT2D eigenvalue weighted by atomic mass is 79.9. The zero-order chi connectivity index (χ0) is 8.27. The van der Waals surface area contributed by atoms with Crippen molar-refractivity contribution >= 4 is 15.9 Å². The Hall–Kier alpha value is 0.180. The van der Waals surface area contributed by atoms with Crippen molar-refractivity contribution in [3.05, 3.63) is 12.2 Å². The molecule has 0 amide bonds. The molecule has 1 aliphatic heterocycles. The van der Waals surface area contributed by atoms with Gasteiger partial charge in [0.15, 0.2) is 0 Å². The minimum absolute atomic E-state index is 0.327. The zero-order valence-corrected chi connectivity index (χ0v) is 8.67. The summed E-state index contributed by atoms with van der Waals surface area (Å²) in [6.07, 6.45) is 7.15. The van der Waals surface area contributed by atoms with Gasteiger partial charge in [-0.25, -0.2) is 0 Å². The van der Waals surface area contributed by atoms with Gasteiger partial charge < -0.3 is 4.74 Å². The summed E-state index contributed by atoms with van der Waals surface area (Å²) < 4.78 is 5.68. The molecule has 1 rings (SSSR count). The maximum Gasteiger partial charge on any atom is 0.0770 e. The van der Waals surface area contributed by atoms with E-state index in [1.54, 1.807) is 0 Å². The number of ether oxygens (including phenoxy) is 1. The van der Waals surface area contributed by atoms with Crippen molar-refractivity contribution in [2.75, 3.05) is 0 Å². The van der Waals surface area contributed by atoms with Crippen molar-refractivity contribution < 1.29 is 4.74 Å². The van der Waals surface area contributed by atoms with Crippen LogP contribution in [0.5, 0.6) is 0 Å². The van der Waals surface area contributed by atoms with Crippen LogP contribution in [0.4, 0.5) is 0 Å². The third kappa shape index (κ3) is 2.96. The molecule has 3 atom stereocenters. The molecule has 1 heterocycles. The van der Waals surface area contributed by atoms with E-state index in [-0.39, 0.29) is 0 Å². The Morgan fingerprint density at radius 2 is 2.18 bits per heavy atom. The van der Waals surface area contributed by atoms with Gasteiger partial charge in [-0.1, -0.05) is 28.1 Å². The van der Waals surface area contributed by atoms with Gasteiger partial charge in [0.2, 0.25) is 0 Å². The number of hydrogen-bond acceptors (Lipinski definition) is 1. The normalized spacial score (nSPS) is 39.7. The molecule has 0 N–H and O–H groups in total. The molecule has 1 nitrogen and oxygen atoms in total. The summed E-state index contributed by atoms with van der Waals surface area (Å²) in [6.45, 7) is 4.16. The summed E-state index contributed by atoms with van der Waals surface area (Å²) in [5.41, 5.74) is 0. The van der Waals surface area contributed by atoms with E-state index in [1.165, 1.54) is 0 Å². The molecule has 1 fully saturated rings. The van der Waals surface area contributed by atoms with Crippen LogP contribution in [0.3, 0.4) is 0 Å². The Morgan fingerprint density at radius 1 is 1.45 bits per heavy atom. The van der Waals surface area contributed by atoms with Gasteiger partial charge >= 0.3 is 0 Å². The molecule has 0 aromatic carbocycles. The van der Waals surface area contributed by atoms with E-state index < -0.39 is 0 Å². The Labute approximate surface area is 76.9 Å². The van der Waals surface area contributed by atoms with E-state index in [9.17, 15) is 0 Å². The van der Waals surface area contributed by atoms with Crippen molar-refractivity contribution in [2.24, 2.45) is 0 Å². The van der Waals surface area contributed by atoms with Crippen LogP contribution < -0.4 is 0 Å². The van der Waals surface area contributed by atoms with E-state index in [4.69, 9.17) is 4.74 Å². The van der Waals surface area contributed by atoms with Crippen molar-refractivity contribution in [1.82, 2.24) is 0 Å². The molecule has 1 aliphatic rings. The highest BCUT2D eigenvalue weighted by molar-refractivity contribution is 9.09. The molecule has 0 bridgehead atoms. The molecular weight excluding hydrogens is 204 g/mol. The Morgan fingerprint density at radius 3 is 2.73 bits per heavy atom. The average molecular weight is 219 g/mol. The molecule has 0 aromatic rings.